The van der Waals surface area contributed by atoms with Crippen LogP contribution in [0.25, 0.3) is 0 Å². The third-order valence-electron chi connectivity index (χ3n) is 2.71. The van der Waals surface area contributed by atoms with Gasteiger partial charge in [-0.1, -0.05) is 49.5 Å². The Balaban J connectivity index is 3.81. The first-order valence-electron chi connectivity index (χ1n) is 5.72. The van der Waals surface area contributed by atoms with Crippen molar-refractivity contribution in [2.45, 2.75) is 51.2 Å². The number of rotatable bonds is 8. The van der Waals surface area contributed by atoms with E-state index in [0.29, 0.717) is 5.92 Å². The smallest absolute Gasteiger partial charge is 0.169 e. The van der Waals surface area contributed by atoms with Gasteiger partial charge < -0.3 is 9.47 Å². The maximum atomic E-state index is 5.24. The fourth-order valence-electron chi connectivity index (χ4n) is 1.63. The molecular weight excluding hydrogens is 256 g/mol. The minimum absolute atomic E-state index is 0.140. The third kappa shape index (κ3) is 6.54. The minimum atomic E-state index is -0.140. The van der Waals surface area contributed by atoms with Gasteiger partial charge >= 0.3 is 0 Å². The summed E-state index contributed by atoms with van der Waals surface area (Å²) in [6.07, 6.45) is 3.66. The van der Waals surface area contributed by atoms with Gasteiger partial charge in [0.05, 0.1) is 4.83 Å². The minimum Gasteiger partial charge on any atom is -0.355 e. The highest BCUT2D eigenvalue weighted by molar-refractivity contribution is 9.09. The fourth-order valence-corrected chi connectivity index (χ4v) is 2.33. The van der Waals surface area contributed by atoms with Crippen LogP contribution >= 0.6 is 15.9 Å². The Morgan fingerprint density at radius 3 is 1.93 bits per heavy atom. The molecule has 0 rings (SSSR count). The molecule has 0 aromatic heterocycles. The zero-order chi connectivity index (χ0) is 11.8. The fraction of sp³-hybridized carbons (Fsp3) is 1.00. The van der Waals surface area contributed by atoms with Crippen LogP contribution in [0.5, 0.6) is 0 Å². The van der Waals surface area contributed by atoms with E-state index < -0.39 is 0 Å². The second-order valence-electron chi connectivity index (χ2n) is 4.59. The van der Waals surface area contributed by atoms with Gasteiger partial charge in [0, 0.05) is 14.2 Å². The first-order chi connectivity index (χ1) is 7.02. The van der Waals surface area contributed by atoms with Crippen molar-refractivity contribution in [1.82, 2.24) is 0 Å². The first kappa shape index (κ1) is 15.4. The van der Waals surface area contributed by atoms with Crippen LogP contribution in [0.3, 0.4) is 0 Å². The Hall–Kier alpha value is 0.400. The number of methoxy groups -OCH3 is 2. The largest absolute Gasteiger partial charge is 0.355 e. The number of hydrogen-bond donors (Lipinski definition) is 0. The molecule has 0 heterocycles. The summed E-state index contributed by atoms with van der Waals surface area (Å²) in [5, 5.41) is 0. The Labute approximate surface area is 103 Å². The maximum Gasteiger partial charge on any atom is 0.169 e. The van der Waals surface area contributed by atoms with Crippen molar-refractivity contribution in [2.75, 3.05) is 14.2 Å². The standard InChI is InChI=1S/C12H25BrO2/c1-9(2)7-6-8-10(3)11(13)12(14-4)15-5/h9-12H,6-8H2,1-5H3. The van der Waals surface area contributed by atoms with E-state index in [1.54, 1.807) is 14.2 Å². The molecule has 0 N–H and O–H groups in total. The molecular formula is C12H25BrO2. The van der Waals surface area contributed by atoms with Gasteiger partial charge in [-0.3, -0.25) is 0 Å². The molecule has 0 amide bonds. The first-order valence-corrected chi connectivity index (χ1v) is 6.64. The number of hydrogen-bond acceptors (Lipinski definition) is 2. The van der Waals surface area contributed by atoms with Crippen LogP contribution < -0.4 is 0 Å². The molecule has 0 radical (unpaired) electrons. The monoisotopic (exact) mass is 280 g/mol. The predicted octanol–water partition coefficient (Wildman–Crippen LogP) is 3.83. The van der Waals surface area contributed by atoms with Crippen LogP contribution in [-0.2, 0) is 9.47 Å². The van der Waals surface area contributed by atoms with E-state index >= 15 is 0 Å². The molecule has 0 spiro atoms. The Morgan fingerprint density at radius 2 is 1.53 bits per heavy atom. The van der Waals surface area contributed by atoms with E-state index in [4.69, 9.17) is 9.47 Å². The van der Waals surface area contributed by atoms with Gasteiger partial charge in [0.15, 0.2) is 6.29 Å². The molecule has 2 nitrogen and oxygen atoms in total. The molecule has 2 atom stereocenters. The average molecular weight is 281 g/mol. The topological polar surface area (TPSA) is 18.5 Å². The van der Waals surface area contributed by atoms with Gasteiger partial charge in [-0.25, -0.2) is 0 Å². The van der Waals surface area contributed by atoms with E-state index in [1.807, 2.05) is 0 Å². The highest BCUT2D eigenvalue weighted by atomic mass is 79.9. The lowest BCUT2D eigenvalue weighted by Gasteiger charge is -2.25. The van der Waals surface area contributed by atoms with Crippen molar-refractivity contribution in [2.24, 2.45) is 11.8 Å². The lowest BCUT2D eigenvalue weighted by Crippen LogP contribution is -2.30. The maximum absolute atomic E-state index is 5.24. The van der Waals surface area contributed by atoms with Gasteiger partial charge in [0.1, 0.15) is 0 Å². The molecule has 0 aliphatic carbocycles. The molecule has 0 fully saturated rings. The van der Waals surface area contributed by atoms with Gasteiger partial charge in [0.2, 0.25) is 0 Å². The molecule has 92 valence electrons. The zero-order valence-electron chi connectivity index (χ0n) is 10.6. The van der Waals surface area contributed by atoms with Crippen LogP contribution in [-0.4, -0.2) is 25.3 Å². The van der Waals surface area contributed by atoms with Crippen LogP contribution in [0, 0.1) is 11.8 Å². The average Bonchev–Trinajstić information content (AvgIpc) is 2.18. The second-order valence-corrected chi connectivity index (χ2v) is 5.64. The summed E-state index contributed by atoms with van der Waals surface area (Å²) < 4.78 is 10.5. The van der Waals surface area contributed by atoms with E-state index in [2.05, 4.69) is 36.7 Å². The molecule has 0 bridgehead atoms. The van der Waals surface area contributed by atoms with Crippen molar-refractivity contribution < 1.29 is 9.47 Å². The van der Waals surface area contributed by atoms with Crippen LogP contribution in [0.15, 0.2) is 0 Å². The molecule has 0 aliphatic heterocycles. The molecule has 0 saturated heterocycles. The van der Waals surface area contributed by atoms with Gasteiger partial charge in [0.25, 0.3) is 0 Å². The Bertz CT molecular complexity index is 147. The lowest BCUT2D eigenvalue weighted by atomic mass is 9.97. The Kier molecular flexibility index (Phi) is 8.77. The highest BCUT2D eigenvalue weighted by Crippen LogP contribution is 2.24. The second kappa shape index (κ2) is 8.54. The summed E-state index contributed by atoms with van der Waals surface area (Å²) in [5.74, 6) is 1.38. The molecule has 15 heavy (non-hydrogen) atoms. The van der Waals surface area contributed by atoms with E-state index in [0.717, 1.165) is 5.92 Å². The van der Waals surface area contributed by atoms with Crippen LogP contribution in [0.2, 0.25) is 0 Å². The van der Waals surface area contributed by atoms with E-state index in [9.17, 15) is 0 Å². The summed E-state index contributed by atoms with van der Waals surface area (Å²) in [4.78, 5) is 0.277. The van der Waals surface area contributed by atoms with Crippen molar-refractivity contribution in [1.29, 1.82) is 0 Å². The lowest BCUT2D eigenvalue weighted by molar-refractivity contribution is -0.107. The van der Waals surface area contributed by atoms with E-state index in [1.165, 1.54) is 19.3 Å². The molecule has 0 aliphatic rings. The summed E-state index contributed by atoms with van der Waals surface area (Å²) >= 11 is 3.65. The highest BCUT2D eigenvalue weighted by Gasteiger charge is 2.23. The van der Waals surface area contributed by atoms with Gasteiger partial charge in [-0.2, -0.15) is 0 Å². The molecule has 0 aromatic carbocycles. The van der Waals surface area contributed by atoms with Gasteiger partial charge in [-0.05, 0) is 18.3 Å². The SMILES string of the molecule is COC(OC)C(Br)C(C)CCCC(C)C. The van der Waals surface area contributed by atoms with Crippen molar-refractivity contribution in [3.63, 3.8) is 0 Å². The number of halogens is 1. The molecule has 0 saturated carbocycles. The van der Waals surface area contributed by atoms with Crippen molar-refractivity contribution >= 4 is 15.9 Å². The molecule has 2 unspecified atom stereocenters. The molecule has 0 aromatic rings. The predicted molar refractivity (Wildman–Crippen MR) is 68.4 cm³/mol. The number of ether oxygens (including phenoxy) is 2. The summed E-state index contributed by atoms with van der Waals surface area (Å²) in [7, 11) is 3.37. The number of alkyl halides is 1. The van der Waals surface area contributed by atoms with E-state index in [-0.39, 0.29) is 11.1 Å². The van der Waals surface area contributed by atoms with Crippen molar-refractivity contribution in [3.8, 4) is 0 Å². The van der Waals surface area contributed by atoms with Crippen LogP contribution in [0.1, 0.15) is 40.0 Å². The quantitative estimate of drug-likeness (QED) is 0.497. The van der Waals surface area contributed by atoms with Crippen LogP contribution in [0.4, 0.5) is 0 Å². The summed E-state index contributed by atoms with van der Waals surface area (Å²) in [6, 6.07) is 0. The zero-order valence-corrected chi connectivity index (χ0v) is 12.2. The van der Waals surface area contributed by atoms with Gasteiger partial charge in [-0.15, -0.1) is 0 Å². The summed E-state index contributed by atoms with van der Waals surface area (Å²) in [5.41, 5.74) is 0. The summed E-state index contributed by atoms with van der Waals surface area (Å²) in [6.45, 7) is 6.78. The van der Waals surface area contributed by atoms with Crippen molar-refractivity contribution in [3.05, 3.63) is 0 Å². The molecule has 3 heteroatoms. The normalized spacial score (nSPS) is 16.0. The Morgan fingerprint density at radius 1 is 1.00 bits per heavy atom. The third-order valence-corrected chi connectivity index (χ3v) is 4.04.